The van der Waals surface area contributed by atoms with Crippen LogP contribution in [-0.4, -0.2) is 18.5 Å². The van der Waals surface area contributed by atoms with Gasteiger partial charge in [-0.3, -0.25) is 4.79 Å². The van der Waals surface area contributed by atoms with Crippen LogP contribution >= 0.6 is 11.8 Å². The third-order valence-electron chi connectivity index (χ3n) is 1.59. The maximum atomic E-state index is 10.5. The zero-order chi connectivity index (χ0) is 9.52. The number of thioether (sulfide) groups is 1. The fraction of sp³-hybridized carbons (Fsp3) is 0.300. The highest BCUT2D eigenvalue weighted by atomic mass is 32.2. The molecule has 1 radical (unpaired) electrons. The highest BCUT2D eigenvalue weighted by Gasteiger charge is 2.00. The largest absolute Gasteiger partial charge is 0.366 e. The summed E-state index contributed by atoms with van der Waals surface area (Å²) in [6, 6.07) is 7.32. The second-order valence-electron chi connectivity index (χ2n) is 2.51. The molecule has 1 aromatic carbocycles. The van der Waals surface area contributed by atoms with Gasteiger partial charge in [-0.2, -0.15) is 0 Å². The minimum atomic E-state index is 0.478. The molecule has 0 amide bonds. The van der Waals surface area contributed by atoms with Gasteiger partial charge in [0.05, 0.1) is 12.5 Å². The molecular weight excluding hydrogens is 184 g/mol. The summed E-state index contributed by atoms with van der Waals surface area (Å²) >= 11 is 1.61. The summed E-state index contributed by atoms with van der Waals surface area (Å²) in [4.78, 5) is 10.5. The fourth-order valence-corrected chi connectivity index (χ4v) is 1.23. The Morgan fingerprint density at radius 3 is 2.92 bits per heavy atom. The van der Waals surface area contributed by atoms with Crippen LogP contribution in [0, 0.1) is 0 Å². The van der Waals surface area contributed by atoms with Gasteiger partial charge in [-0.1, -0.05) is 24.3 Å². The van der Waals surface area contributed by atoms with E-state index in [1.165, 1.54) is 0 Å². The van der Waals surface area contributed by atoms with Crippen molar-refractivity contribution >= 4 is 18.0 Å². The second kappa shape index (κ2) is 5.78. The summed E-state index contributed by atoms with van der Waals surface area (Å²) in [5.41, 5.74) is 1.48. The van der Waals surface area contributed by atoms with Crippen LogP contribution in [-0.2, 0) is 16.1 Å². The molecule has 0 heterocycles. The molecule has 0 fully saturated rings. The molecule has 1 rings (SSSR count). The quantitative estimate of drug-likeness (QED) is 0.531. The molecule has 0 N–H and O–H groups in total. The molecule has 0 atom stereocenters. The summed E-state index contributed by atoms with van der Waals surface area (Å²) < 4.78 is 5.30. The Hall–Kier alpha value is -0.800. The van der Waals surface area contributed by atoms with E-state index in [-0.39, 0.29) is 0 Å². The molecule has 0 aliphatic heterocycles. The first-order valence-corrected chi connectivity index (χ1v) is 5.30. The first-order chi connectivity index (χ1) is 6.38. The lowest BCUT2D eigenvalue weighted by Crippen LogP contribution is -1.96. The predicted molar refractivity (Wildman–Crippen MR) is 54.4 cm³/mol. The highest BCUT2D eigenvalue weighted by molar-refractivity contribution is 7.98. The van der Waals surface area contributed by atoms with Crippen LogP contribution in [0.25, 0.3) is 0 Å². The smallest absolute Gasteiger partial charge is 0.233 e. The molecule has 1 aromatic rings. The summed E-state index contributed by atoms with van der Waals surface area (Å²) in [7, 11) is 0. The molecule has 0 unspecified atom stereocenters. The van der Waals surface area contributed by atoms with Crippen molar-refractivity contribution in [2.75, 3.05) is 12.2 Å². The normalized spacial score (nSPS) is 9.92. The van der Waals surface area contributed by atoms with Crippen LogP contribution < -0.4 is 0 Å². The molecule has 13 heavy (non-hydrogen) atoms. The van der Waals surface area contributed by atoms with E-state index in [9.17, 15) is 4.79 Å². The van der Waals surface area contributed by atoms with E-state index >= 15 is 0 Å². The molecule has 0 aromatic heterocycles. The number of carbonyl (C=O) groups excluding carboxylic acids is 1. The Morgan fingerprint density at radius 1 is 1.46 bits per heavy atom. The third kappa shape index (κ3) is 3.20. The van der Waals surface area contributed by atoms with Crippen molar-refractivity contribution in [1.82, 2.24) is 0 Å². The zero-order valence-corrected chi connectivity index (χ0v) is 8.26. The van der Waals surface area contributed by atoms with Crippen molar-refractivity contribution in [1.29, 1.82) is 0 Å². The fourth-order valence-electron chi connectivity index (χ4n) is 0.981. The lowest BCUT2D eigenvalue weighted by atomic mass is 10.1. The Morgan fingerprint density at radius 2 is 2.23 bits per heavy atom. The Balaban J connectivity index is 2.59. The van der Waals surface area contributed by atoms with E-state index in [1.54, 1.807) is 17.8 Å². The van der Waals surface area contributed by atoms with Crippen molar-refractivity contribution < 1.29 is 9.53 Å². The molecule has 0 saturated carbocycles. The molecule has 69 valence electrons. The van der Waals surface area contributed by atoms with Gasteiger partial charge in [0.15, 0.2) is 0 Å². The van der Waals surface area contributed by atoms with Gasteiger partial charge in [0.1, 0.15) is 0 Å². The minimum absolute atomic E-state index is 0.478. The molecule has 0 spiro atoms. The average molecular weight is 195 g/mol. The van der Waals surface area contributed by atoms with Gasteiger partial charge in [-0.05, 0) is 11.8 Å². The summed E-state index contributed by atoms with van der Waals surface area (Å²) in [6.45, 7) is 0.478. The molecule has 0 aliphatic carbocycles. The van der Waals surface area contributed by atoms with Crippen molar-refractivity contribution in [3.05, 3.63) is 35.4 Å². The number of benzene rings is 1. The van der Waals surface area contributed by atoms with Crippen molar-refractivity contribution in [2.45, 2.75) is 6.61 Å². The summed E-state index contributed by atoms with van der Waals surface area (Å²) in [5.74, 6) is 0.646. The lowest BCUT2D eigenvalue weighted by molar-refractivity contribution is 0.169. The van der Waals surface area contributed by atoms with Crippen LogP contribution in [0.3, 0.4) is 0 Å². The first-order valence-electron chi connectivity index (χ1n) is 3.91. The van der Waals surface area contributed by atoms with Gasteiger partial charge in [0, 0.05) is 5.56 Å². The van der Waals surface area contributed by atoms with E-state index in [1.807, 2.05) is 30.7 Å². The Kier molecular flexibility index (Phi) is 4.57. The monoisotopic (exact) mass is 195 g/mol. The van der Waals surface area contributed by atoms with E-state index in [2.05, 4.69) is 0 Å². The van der Waals surface area contributed by atoms with Gasteiger partial charge in [-0.25, -0.2) is 0 Å². The van der Waals surface area contributed by atoms with Gasteiger partial charge in [0.25, 0.3) is 0 Å². The van der Waals surface area contributed by atoms with E-state index in [0.29, 0.717) is 18.1 Å². The van der Waals surface area contributed by atoms with Crippen LogP contribution in [0.5, 0.6) is 0 Å². The van der Waals surface area contributed by atoms with Gasteiger partial charge in [0.2, 0.25) is 6.29 Å². The van der Waals surface area contributed by atoms with Gasteiger partial charge >= 0.3 is 0 Å². The Labute approximate surface area is 82.3 Å². The maximum absolute atomic E-state index is 10.5. The van der Waals surface area contributed by atoms with Crippen molar-refractivity contribution in [2.24, 2.45) is 0 Å². The van der Waals surface area contributed by atoms with Crippen LogP contribution in [0.15, 0.2) is 24.3 Å². The van der Waals surface area contributed by atoms with Crippen molar-refractivity contribution in [3.63, 3.8) is 0 Å². The van der Waals surface area contributed by atoms with Gasteiger partial charge < -0.3 is 4.74 Å². The molecule has 3 heteroatoms. The molecule has 2 nitrogen and oxygen atoms in total. The zero-order valence-electron chi connectivity index (χ0n) is 7.45. The molecular formula is C10H11O2S. The number of ether oxygens (including phenoxy) is 1. The van der Waals surface area contributed by atoms with E-state index in [4.69, 9.17) is 4.74 Å². The van der Waals surface area contributed by atoms with Crippen LogP contribution in [0.2, 0.25) is 0 Å². The predicted octanol–water partition coefficient (Wildman–Crippen LogP) is 1.98. The van der Waals surface area contributed by atoms with Crippen LogP contribution in [0.4, 0.5) is 0 Å². The maximum Gasteiger partial charge on any atom is 0.233 e. The summed E-state index contributed by atoms with van der Waals surface area (Å²) in [6.07, 6.45) is 3.86. The van der Waals surface area contributed by atoms with E-state index in [0.717, 1.165) is 5.56 Å². The second-order valence-corrected chi connectivity index (χ2v) is 3.33. The SMILES string of the molecule is CSCOCc1ccccc1[C]=O. The number of hydrogen-bond donors (Lipinski definition) is 0. The number of rotatable bonds is 5. The Bertz CT molecular complexity index is 273. The molecule has 0 aliphatic rings. The van der Waals surface area contributed by atoms with E-state index < -0.39 is 0 Å². The number of hydrogen-bond acceptors (Lipinski definition) is 3. The van der Waals surface area contributed by atoms with Gasteiger partial charge in [-0.15, -0.1) is 11.8 Å². The van der Waals surface area contributed by atoms with Crippen molar-refractivity contribution in [3.8, 4) is 0 Å². The lowest BCUT2D eigenvalue weighted by Gasteiger charge is -2.03. The highest BCUT2D eigenvalue weighted by Crippen LogP contribution is 2.08. The standard InChI is InChI=1S/C10H11O2S/c1-13-8-12-7-10-5-3-2-4-9(10)6-11/h2-5H,7-8H2,1H3. The first kappa shape index (κ1) is 10.3. The molecule has 0 bridgehead atoms. The third-order valence-corrected chi connectivity index (χ3v) is 1.99. The topological polar surface area (TPSA) is 26.3 Å². The minimum Gasteiger partial charge on any atom is -0.366 e. The van der Waals surface area contributed by atoms with Crippen LogP contribution in [0.1, 0.15) is 11.1 Å². The average Bonchev–Trinajstić information content (AvgIpc) is 2.19. The summed E-state index contributed by atoms with van der Waals surface area (Å²) in [5, 5.41) is 0. The molecule has 0 saturated heterocycles.